The van der Waals surface area contributed by atoms with E-state index in [2.05, 4.69) is 29.3 Å². The Morgan fingerprint density at radius 3 is 2.56 bits per heavy atom. The fourth-order valence-electron chi connectivity index (χ4n) is 2.14. The van der Waals surface area contributed by atoms with E-state index in [0.717, 1.165) is 12.5 Å². The largest absolute Gasteiger partial charge is 0.473 e. The molecule has 138 valence electrons. The standard InChI is InChI=1S/C16H20ClF3N4O/c1-10(2)3-4-24-16(6-12(22-24)8-21-23-17)25-9-11-5-14(19)15(20)7-13(11)18/h5-7,10,21,23H,3-4,8-9H2,1-2H3. The van der Waals surface area contributed by atoms with Crippen LogP contribution in [0.3, 0.4) is 0 Å². The van der Waals surface area contributed by atoms with Crippen LogP contribution in [0.4, 0.5) is 13.2 Å². The maximum absolute atomic E-state index is 13.7. The molecule has 0 saturated carbocycles. The van der Waals surface area contributed by atoms with Crippen molar-refractivity contribution in [1.82, 2.24) is 20.2 Å². The van der Waals surface area contributed by atoms with Gasteiger partial charge in [-0.1, -0.05) is 13.8 Å². The van der Waals surface area contributed by atoms with E-state index in [-0.39, 0.29) is 12.2 Å². The van der Waals surface area contributed by atoms with Crippen LogP contribution in [0.15, 0.2) is 18.2 Å². The Hall–Kier alpha value is -1.77. The Balaban J connectivity index is 2.13. The Bertz CT molecular complexity index is 709. The molecule has 0 amide bonds. The number of aromatic nitrogens is 2. The number of nitrogens with one attached hydrogen (secondary N) is 2. The number of ether oxygens (including phenoxy) is 1. The summed E-state index contributed by atoms with van der Waals surface area (Å²) in [6.07, 6.45) is 0.873. The second-order valence-corrected chi connectivity index (χ2v) is 6.16. The molecule has 0 aliphatic heterocycles. The first-order valence-electron chi connectivity index (χ1n) is 7.82. The molecule has 1 heterocycles. The van der Waals surface area contributed by atoms with Gasteiger partial charge in [-0.3, -0.25) is 0 Å². The predicted molar refractivity (Wildman–Crippen MR) is 88.2 cm³/mol. The van der Waals surface area contributed by atoms with Crippen LogP contribution in [-0.4, -0.2) is 9.78 Å². The Kier molecular flexibility index (Phi) is 7.10. The number of aryl methyl sites for hydroxylation is 1. The lowest BCUT2D eigenvalue weighted by Gasteiger charge is -2.11. The van der Waals surface area contributed by atoms with E-state index in [9.17, 15) is 13.2 Å². The van der Waals surface area contributed by atoms with E-state index in [1.165, 1.54) is 0 Å². The van der Waals surface area contributed by atoms with Gasteiger partial charge in [-0.25, -0.2) is 23.3 Å². The fourth-order valence-corrected chi connectivity index (χ4v) is 2.21. The van der Waals surface area contributed by atoms with E-state index in [4.69, 9.17) is 16.5 Å². The molecule has 2 rings (SSSR count). The molecule has 0 bridgehead atoms. The van der Waals surface area contributed by atoms with Gasteiger partial charge in [0.25, 0.3) is 0 Å². The van der Waals surface area contributed by atoms with Gasteiger partial charge in [0.1, 0.15) is 12.4 Å². The molecule has 0 unspecified atom stereocenters. The third-order valence-electron chi connectivity index (χ3n) is 3.51. The summed E-state index contributed by atoms with van der Waals surface area (Å²) in [5, 5.41) is 4.39. The first kappa shape index (κ1) is 19.6. The van der Waals surface area contributed by atoms with Gasteiger partial charge in [0, 0.05) is 24.2 Å². The van der Waals surface area contributed by atoms with Gasteiger partial charge in [-0.15, -0.1) is 0 Å². The van der Waals surface area contributed by atoms with Gasteiger partial charge in [-0.2, -0.15) is 10.0 Å². The van der Waals surface area contributed by atoms with Crippen molar-refractivity contribution in [3.05, 3.63) is 46.9 Å². The van der Waals surface area contributed by atoms with Crippen LogP contribution in [0.2, 0.25) is 0 Å². The highest BCUT2D eigenvalue weighted by Gasteiger charge is 2.13. The number of hydrogen-bond acceptors (Lipinski definition) is 4. The van der Waals surface area contributed by atoms with Crippen LogP contribution in [0.25, 0.3) is 0 Å². The van der Waals surface area contributed by atoms with Gasteiger partial charge < -0.3 is 4.74 Å². The molecule has 1 aromatic carbocycles. The zero-order valence-electron chi connectivity index (χ0n) is 14.0. The van der Waals surface area contributed by atoms with Gasteiger partial charge >= 0.3 is 0 Å². The van der Waals surface area contributed by atoms with Crippen molar-refractivity contribution in [2.75, 3.05) is 0 Å². The quantitative estimate of drug-likeness (QED) is 0.398. The van der Waals surface area contributed by atoms with Crippen LogP contribution in [0.5, 0.6) is 5.88 Å². The topological polar surface area (TPSA) is 51.1 Å². The molecule has 0 spiro atoms. The fraction of sp³-hybridized carbons (Fsp3) is 0.438. The smallest absolute Gasteiger partial charge is 0.212 e. The molecule has 25 heavy (non-hydrogen) atoms. The van der Waals surface area contributed by atoms with Crippen molar-refractivity contribution < 1.29 is 17.9 Å². The maximum Gasteiger partial charge on any atom is 0.212 e. The van der Waals surface area contributed by atoms with Crippen molar-refractivity contribution in [1.29, 1.82) is 0 Å². The summed E-state index contributed by atoms with van der Waals surface area (Å²) in [6, 6.07) is 2.98. The van der Waals surface area contributed by atoms with Crippen LogP contribution in [-0.2, 0) is 19.7 Å². The molecule has 2 aromatic rings. The number of rotatable bonds is 9. The van der Waals surface area contributed by atoms with Crippen LogP contribution >= 0.6 is 11.8 Å². The average Bonchev–Trinajstić information content (AvgIpc) is 2.95. The van der Waals surface area contributed by atoms with Crippen molar-refractivity contribution in [3.63, 3.8) is 0 Å². The Morgan fingerprint density at radius 2 is 1.88 bits per heavy atom. The predicted octanol–water partition coefficient (Wildman–Crippen LogP) is 3.67. The molecule has 0 aliphatic rings. The van der Waals surface area contributed by atoms with Gasteiger partial charge in [0.15, 0.2) is 11.6 Å². The van der Waals surface area contributed by atoms with Gasteiger partial charge in [-0.05, 0) is 30.2 Å². The van der Waals surface area contributed by atoms with E-state index in [1.54, 1.807) is 10.7 Å². The summed E-state index contributed by atoms with van der Waals surface area (Å²) < 4.78 is 47.2. The highest BCUT2D eigenvalue weighted by Crippen LogP contribution is 2.20. The first-order chi connectivity index (χ1) is 11.9. The number of hydrogen-bond donors (Lipinski definition) is 2. The zero-order chi connectivity index (χ0) is 18.4. The summed E-state index contributed by atoms with van der Waals surface area (Å²) >= 11 is 5.35. The van der Waals surface area contributed by atoms with Crippen LogP contribution < -0.4 is 15.1 Å². The molecular formula is C16H20ClF3N4O. The summed E-state index contributed by atoms with van der Waals surface area (Å²) in [7, 11) is 0. The molecule has 1 aromatic heterocycles. The number of halogens is 4. The van der Waals surface area contributed by atoms with E-state index < -0.39 is 17.5 Å². The third-order valence-corrected chi connectivity index (χ3v) is 3.65. The monoisotopic (exact) mass is 376 g/mol. The molecule has 9 heteroatoms. The minimum atomic E-state index is -1.23. The van der Waals surface area contributed by atoms with Gasteiger partial charge in [0.05, 0.1) is 12.2 Å². The van der Waals surface area contributed by atoms with Gasteiger partial charge in [0.2, 0.25) is 5.88 Å². The Labute approximate surface area is 149 Å². The van der Waals surface area contributed by atoms with Crippen molar-refractivity contribution >= 4 is 11.8 Å². The Morgan fingerprint density at radius 1 is 1.16 bits per heavy atom. The van der Waals surface area contributed by atoms with E-state index in [1.807, 2.05) is 0 Å². The van der Waals surface area contributed by atoms with E-state index in [0.29, 0.717) is 36.6 Å². The third kappa shape index (κ3) is 5.62. The van der Waals surface area contributed by atoms with Crippen LogP contribution in [0, 0.1) is 23.4 Å². The van der Waals surface area contributed by atoms with Crippen molar-refractivity contribution in [2.24, 2.45) is 5.92 Å². The zero-order valence-corrected chi connectivity index (χ0v) is 14.7. The highest BCUT2D eigenvalue weighted by molar-refractivity contribution is 6.13. The normalized spacial score (nSPS) is 11.3. The lowest BCUT2D eigenvalue weighted by Crippen LogP contribution is -2.22. The van der Waals surface area contributed by atoms with Crippen molar-refractivity contribution in [3.8, 4) is 5.88 Å². The minimum Gasteiger partial charge on any atom is -0.473 e. The maximum atomic E-state index is 13.7. The summed E-state index contributed by atoms with van der Waals surface area (Å²) in [4.78, 5) is 2.28. The number of benzene rings is 1. The number of hydrazine groups is 1. The van der Waals surface area contributed by atoms with E-state index >= 15 is 0 Å². The second-order valence-electron chi connectivity index (χ2n) is 5.97. The molecular weight excluding hydrogens is 357 g/mol. The molecule has 5 nitrogen and oxygen atoms in total. The lowest BCUT2D eigenvalue weighted by atomic mass is 10.1. The van der Waals surface area contributed by atoms with Crippen LogP contribution in [0.1, 0.15) is 31.5 Å². The first-order valence-corrected chi connectivity index (χ1v) is 8.20. The van der Waals surface area contributed by atoms with Crippen molar-refractivity contribution in [2.45, 2.75) is 40.0 Å². The summed E-state index contributed by atoms with van der Waals surface area (Å²) in [5.74, 6) is -2.33. The minimum absolute atomic E-state index is 0.0717. The second kappa shape index (κ2) is 9.07. The lowest BCUT2D eigenvalue weighted by molar-refractivity contribution is 0.263. The molecule has 0 atom stereocenters. The molecule has 0 saturated heterocycles. The molecule has 0 fully saturated rings. The summed E-state index contributed by atoms with van der Waals surface area (Å²) in [5.41, 5.74) is 3.29. The number of nitrogens with zero attached hydrogens (tertiary/aromatic N) is 2. The molecule has 2 N–H and O–H groups in total. The highest BCUT2D eigenvalue weighted by atomic mass is 35.5. The SMILES string of the molecule is CC(C)CCn1nc(CNNCl)cc1OCc1cc(F)c(F)cc1F. The average molecular weight is 377 g/mol. The molecule has 0 aliphatic carbocycles. The molecule has 0 radical (unpaired) electrons. The summed E-state index contributed by atoms with van der Waals surface area (Å²) in [6.45, 7) is 4.90.